The molecule has 1 aliphatic heterocycles. The van der Waals surface area contributed by atoms with Gasteiger partial charge in [-0.25, -0.2) is 18.2 Å². The SMILES string of the molecule is Cc1cc(C)c(S(=O)(=O)NC(CNC(=O)COC2CC(CNc3ccc(Cl)cn3)N(OC(=O)OCc3ccccc3)C2)C(=O)O)c(C)c1. The average Bonchev–Trinajstić information content (AvgIpc) is 3.41. The van der Waals surface area contributed by atoms with E-state index in [1.165, 1.54) is 11.3 Å². The number of pyridine rings is 1. The van der Waals surface area contributed by atoms with Gasteiger partial charge in [0.25, 0.3) is 0 Å². The van der Waals surface area contributed by atoms with Gasteiger partial charge in [-0.3, -0.25) is 9.59 Å². The smallest absolute Gasteiger partial charge is 0.480 e. The van der Waals surface area contributed by atoms with Crippen molar-refractivity contribution in [2.45, 2.75) is 56.9 Å². The molecule has 1 saturated heterocycles. The normalized spacial score (nSPS) is 17.0. The van der Waals surface area contributed by atoms with Gasteiger partial charge in [-0.2, -0.15) is 4.72 Å². The van der Waals surface area contributed by atoms with Gasteiger partial charge in [-0.05, 0) is 56.0 Å². The number of benzene rings is 2. The lowest BCUT2D eigenvalue weighted by Gasteiger charge is -2.22. The maximum atomic E-state index is 13.1. The molecule has 1 amide bonds. The molecule has 3 aromatic rings. The van der Waals surface area contributed by atoms with Gasteiger partial charge in [0, 0.05) is 19.3 Å². The van der Waals surface area contributed by atoms with E-state index in [1.807, 2.05) is 37.3 Å². The molecule has 1 aliphatic rings. The first-order valence-electron chi connectivity index (χ1n) is 15.0. The van der Waals surface area contributed by atoms with Gasteiger partial charge in [0.2, 0.25) is 15.9 Å². The number of hydroxylamine groups is 2. The number of aromatic nitrogens is 1. The Morgan fingerprint density at radius 2 is 1.79 bits per heavy atom. The minimum absolute atomic E-state index is 0.0122. The van der Waals surface area contributed by atoms with E-state index in [4.69, 9.17) is 25.9 Å². The number of sulfonamides is 1. The second-order valence-electron chi connectivity index (χ2n) is 11.3. The van der Waals surface area contributed by atoms with Crippen LogP contribution >= 0.6 is 11.6 Å². The number of anilines is 1. The van der Waals surface area contributed by atoms with Gasteiger partial charge in [0.1, 0.15) is 25.1 Å². The molecule has 3 unspecified atom stereocenters. The van der Waals surface area contributed by atoms with E-state index >= 15 is 0 Å². The van der Waals surface area contributed by atoms with Crippen LogP contribution < -0.4 is 15.4 Å². The third-order valence-corrected chi connectivity index (χ3v) is 9.39. The van der Waals surface area contributed by atoms with Crippen LogP contribution in [0.25, 0.3) is 0 Å². The van der Waals surface area contributed by atoms with Crippen molar-refractivity contribution in [2.24, 2.45) is 0 Å². The van der Waals surface area contributed by atoms with Crippen molar-refractivity contribution in [1.82, 2.24) is 20.1 Å². The van der Waals surface area contributed by atoms with Crippen LogP contribution in [0.3, 0.4) is 0 Å². The highest BCUT2D eigenvalue weighted by atomic mass is 35.5. The van der Waals surface area contributed by atoms with Gasteiger partial charge in [0.15, 0.2) is 0 Å². The first-order valence-corrected chi connectivity index (χ1v) is 16.9. The summed E-state index contributed by atoms with van der Waals surface area (Å²) in [5, 5.41) is 17.1. The predicted octanol–water partition coefficient (Wildman–Crippen LogP) is 3.35. The molecular formula is C32H38ClN5O9S. The largest absolute Gasteiger partial charge is 0.528 e. The lowest BCUT2D eigenvalue weighted by molar-refractivity contribution is -0.143. The molecule has 3 atom stereocenters. The van der Waals surface area contributed by atoms with Crippen molar-refractivity contribution in [3.63, 3.8) is 0 Å². The number of hydrogen-bond acceptors (Lipinski definition) is 11. The maximum absolute atomic E-state index is 13.1. The van der Waals surface area contributed by atoms with Gasteiger partial charge < -0.3 is 30.1 Å². The number of carboxylic acids is 1. The van der Waals surface area contributed by atoms with Crippen LogP contribution in [0.4, 0.5) is 10.6 Å². The Morgan fingerprint density at radius 3 is 2.44 bits per heavy atom. The Kier molecular flexibility index (Phi) is 12.7. The summed E-state index contributed by atoms with van der Waals surface area (Å²) >= 11 is 5.92. The van der Waals surface area contributed by atoms with Crippen molar-refractivity contribution in [2.75, 3.05) is 31.6 Å². The van der Waals surface area contributed by atoms with Crippen LogP contribution in [-0.2, 0) is 40.5 Å². The fourth-order valence-corrected chi connectivity index (χ4v) is 7.04. The fraction of sp³-hybridized carbons (Fsp3) is 0.375. The third kappa shape index (κ3) is 10.6. The molecule has 0 radical (unpaired) electrons. The van der Waals surface area contributed by atoms with Crippen molar-refractivity contribution in [3.8, 4) is 0 Å². The molecule has 48 heavy (non-hydrogen) atoms. The van der Waals surface area contributed by atoms with E-state index in [2.05, 4.69) is 20.3 Å². The van der Waals surface area contributed by atoms with Crippen LogP contribution in [0.5, 0.6) is 0 Å². The predicted molar refractivity (Wildman–Crippen MR) is 176 cm³/mol. The van der Waals surface area contributed by atoms with Crippen LogP contribution in [0.15, 0.2) is 65.7 Å². The Hall–Kier alpha value is -4.28. The maximum Gasteiger partial charge on any atom is 0.528 e. The first-order chi connectivity index (χ1) is 22.8. The number of carbonyl (C=O) groups excluding carboxylic acids is 2. The van der Waals surface area contributed by atoms with Gasteiger partial charge in [-0.15, -0.1) is 5.06 Å². The minimum atomic E-state index is -4.21. The summed E-state index contributed by atoms with van der Waals surface area (Å²) in [5.41, 5.74) is 2.60. The summed E-state index contributed by atoms with van der Waals surface area (Å²) in [6.45, 7) is 4.54. The highest BCUT2D eigenvalue weighted by Gasteiger charge is 2.36. The Labute approximate surface area is 283 Å². The Bertz CT molecular complexity index is 1670. The molecule has 4 N–H and O–H groups in total. The summed E-state index contributed by atoms with van der Waals surface area (Å²) in [4.78, 5) is 46.7. The minimum Gasteiger partial charge on any atom is -0.480 e. The zero-order chi connectivity index (χ0) is 34.8. The number of ether oxygens (including phenoxy) is 2. The second kappa shape index (κ2) is 16.7. The monoisotopic (exact) mass is 703 g/mol. The Morgan fingerprint density at radius 1 is 1.08 bits per heavy atom. The first kappa shape index (κ1) is 36.6. The molecule has 2 heterocycles. The number of nitrogens with zero attached hydrogens (tertiary/aromatic N) is 2. The molecule has 1 fully saturated rings. The molecule has 2 aromatic carbocycles. The molecular weight excluding hydrogens is 666 g/mol. The summed E-state index contributed by atoms with van der Waals surface area (Å²) < 4.78 is 39.4. The summed E-state index contributed by atoms with van der Waals surface area (Å²) in [7, 11) is -4.21. The molecule has 0 saturated carbocycles. The van der Waals surface area contributed by atoms with Crippen molar-refractivity contribution in [1.29, 1.82) is 0 Å². The zero-order valence-corrected chi connectivity index (χ0v) is 28.2. The van der Waals surface area contributed by atoms with Gasteiger partial charge in [-0.1, -0.05) is 59.6 Å². The number of amides is 1. The van der Waals surface area contributed by atoms with Gasteiger partial charge >= 0.3 is 12.1 Å². The quantitative estimate of drug-likeness (QED) is 0.170. The van der Waals surface area contributed by atoms with Crippen LogP contribution in [-0.4, -0.2) is 86.0 Å². The number of carboxylic acid groups (broad SMARTS) is 1. The van der Waals surface area contributed by atoms with E-state index in [0.29, 0.717) is 34.9 Å². The van der Waals surface area contributed by atoms with Crippen molar-refractivity contribution >= 4 is 45.5 Å². The average molecular weight is 704 g/mol. The van der Waals surface area contributed by atoms with Gasteiger partial charge in [0.05, 0.1) is 28.6 Å². The van der Waals surface area contributed by atoms with E-state index in [9.17, 15) is 27.9 Å². The van der Waals surface area contributed by atoms with E-state index in [-0.39, 0.29) is 24.1 Å². The fourth-order valence-electron chi connectivity index (χ4n) is 5.28. The molecule has 0 aliphatic carbocycles. The lowest BCUT2D eigenvalue weighted by atomic mass is 10.1. The van der Waals surface area contributed by atoms with Crippen molar-refractivity contribution in [3.05, 3.63) is 88.1 Å². The number of rotatable bonds is 15. The van der Waals surface area contributed by atoms with E-state index < -0.39 is 53.4 Å². The summed E-state index contributed by atoms with van der Waals surface area (Å²) in [6, 6.07) is 13.8. The molecule has 16 heteroatoms. The number of carbonyl (C=O) groups is 3. The number of aliphatic carboxylic acids is 1. The molecule has 14 nitrogen and oxygen atoms in total. The highest BCUT2D eigenvalue weighted by molar-refractivity contribution is 7.89. The van der Waals surface area contributed by atoms with Crippen LogP contribution in [0.1, 0.15) is 28.7 Å². The van der Waals surface area contributed by atoms with Crippen molar-refractivity contribution < 1.29 is 42.2 Å². The topological polar surface area (TPSA) is 185 Å². The standard InChI is InChI=1S/C32H38ClN5O9S/c1-20-11-21(2)30(22(3)12-20)48(43,44)37-27(31(40)41)16-36-29(39)19-45-26-13-25(15-35-28-10-9-24(33)14-34-28)38(17-26)47-32(42)46-18-23-7-5-4-6-8-23/h4-12,14,25-27,37H,13,15-19H2,1-3H3,(H,34,35)(H,36,39)(H,40,41). The van der Waals surface area contributed by atoms with Crippen LogP contribution in [0.2, 0.25) is 5.02 Å². The molecule has 1 aromatic heterocycles. The van der Waals surface area contributed by atoms with E-state index in [1.54, 1.807) is 38.1 Å². The molecule has 4 rings (SSSR count). The molecule has 0 spiro atoms. The Balaban J connectivity index is 1.31. The zero-order valence-electron chi connectivity index (χ0n) is 26.6. The van der Waals surface area contributed by atoms with Crippen LogP contribution in [0, 0.1) is 20.8 Å². The summed E-state index contributed by atoms with van der Waals surface area (Å²) in [5.74, 6) is -1.58. The molecule has 258 valence electrons. The number of halogens is 1. The number of nitrogens with one attached hydrogen (secondary N) is 3. The lowest BCUT2D eigenvalue weighted by Crippen LogP contribution is -2.49. The summed E-state index contributed by atoms with van der Waals surface area (Å²) in [6.07, 6.45) is 0.379. The highest BCUT2D eigenvalue weighted by Crippen LogP contribution is 2.23. The third-order valence-electron chi connectivity index (χ3n) is 7.39. The molecule has 0 bridgehead atoms. The second-order valence-corrected chi connectivity index (χ2v) is 13.4. The van der Waals surface area contributed by atoms with E-state index in [0.717, 1.165) is 11.1 Å². The number of hydrogen-bond donors (Lipinski definition) is 4. The number of aryl methyl sites for hydroxylation is 3.